The average molecular weight is 495 g/mol. The molecule has 1 amide bonds. The highest BCUT2D eigenvalue weighted by Gasteiger charge is 2.20. The lowest BCUT2D eigenvalue weighted by Gasteiger charge is -2.09. The lowest BCUT2D eigenvalue weighted by Crippen LogP contribution is -2.15. The summed E-state index contributed by atoms with van der Waals surface area (Å²) in [6, 6.07) is 13.5. The van der Waals surface area contributed by atoms with Gasteiger partial charge in [0, 0.05) is 11.9 Å². The van der Waals surface area contributed by atoms with E-state index in [2.05, 4.69) is 38.4 Å². The molecule has 32 heavy (non-hydrogen) atoms. The highest BCUT2D eigenvalue weighted by atomic mass is 79.9. The third kappa shape index (κ3) is 5.08. The molecule has 4 rings (SSSR count). The van der Waals surface area contributed by atoms with E-state index in [4.69, 9.17) is 9.26 Å². The van der Waals surface area contributed by atoms with Crippen LogP contribution in [0.5, 0.6) is 5.75 Å². The van der Waals surface area contributed by atoms with Gasteiger partial charge >= 0.3 is 0 Å². The van der Waals surface area contributed by atoms with Crippen molar-refractivity contribution in [3.8, 4) is 5.75 Å². The van der Waals surface area contributed by atoms with E-state index in [1.165, 1.54) is 5.56 Å². The van der Waals surface area contributed by atoms with Crippen LogP contribution in [-0.4, -0.2) is 20.8 Å². The molecular weight excluding hydrogens is 472 g/mol. The number of hydrogen-bond donors (Lipinski definition) is 1. The van der Waals surface area contributed by atoms with Crippen molar-refractivity contribution in [1.29, 1.82) is 0 Å². The van der Waals surface area contributed by atoms with Crippen LogP contribution >= 0.6 is 15.9 Å². The van der Waals surface area contributed by atoms with Crippen molar-refractivity contribution in [3.63, 3.8) is 0 Å². The van der Waals surface area contributed by atoms with Crippen LogP contribution in [0.1, 0.15) is 38.5 Å². The Morgan fingerprint density at radius 2 is 1.91 bits per heavy atom. The number of hydrogen-bond acceptors (Lipinski definition) is 5. The molecule has 2 heterocycles. The summed E-state index contributed by atoms with van der Waals surface area (Å²) in [6.45, 7) is 6.69. The molecule has 0 bridgehead atoms. The molecule has 0 unspecified atom stereocenters. The van der Waals surface area contributed by atoms with Crippen LogP contribution in [0.4, 0.5) is 5.69 Å². The molecule has 0 radical (unpaired) electrons. The minimum Gasteiger partial charge on any atom is -0.489 e. The van der Waals surface area contributed by atoms with Crippen LogP contribution in [-0.2, 0) is 13.2 Å². The summed E-state index contributed by atoms with van der Waals surface area (Å²) in [5.74, 6) is 0.948. The van der Waals surface area contributed by atoms with Crippen molar-refractivity contribution in [3.05, 3.63) is 93.0 Å². The van der Waals surface area contributed by atoms with Crippen molar-refractivity contribution in [2.24, 2.45) is 0 Å². The Kier molecular flexibility index (Phi) is 6.41. The number of rotatable bonds is 7. The summed E-state index contributed by atoms with van der Waals surface area (Å²) in [5, 5.41) is 11.1. The van der Waals surface area contributed by atoms with Crippen LogP contribution < -0.4 is 10.1 Å². The monoisotopic (exact) mass is 494 g/mol. The normalized spacial score (nSPS) is 10.9. The summed E-state index contributed by atoms with van der Waals surface area (Å²) in [6.07, 6.45) is 3.65. The van der Waals surface area contributed by atoms with E-state index in [1.54, 1.807) is 13.1 Å². The minimum absolute atomic E-state index is 0.193. The third-order valence-corrected chi connectivity index (χ3v) is 5.63. The number of carbonyl (C=O) groups excluding carboxylic acids is 1. The molecule has 164 valence electrons. The molecule has 0 fully saturated rings. The first kappa shape index (κ1) is 21.8. The van der Waals surface area contributed by atoms with Crippen LogP contribution in [0, 0.1) is 20.8 Å². The van der Waals surface area contributed by atoms with Gasteiger partial charge in [-0.25, -0.2) is 0 Å². The van der Waals surface area contributed by atoms with Gasteiger partial charge in [-0.2, -0.15) is 5.10 Å². The first-order valence-corrected chi connectivity index (χ1v) is 10.9. The second-order valence-corrected chi connectivity index (χ2v) is 8.52. The largest absolute Gasteiger partial charge is 0.489 e. The van der Waals surface area contributed by atoms with Crippen molar-refractivity contribution >= 4 is 27.5 Å². The number of aryl methyl sites for hydroxylation is 3. The number of anilines is 1. The average Bonchev–Trinajstić information content (AvgIpc) is 3.35. The van der Waals surface area contributed by atoms with E-state index < -0.39 is 0 Å². The molecular formula is C24H23BrN4O3. The molecule has 0 saturated carbocycles. The summed E-state index contributed by atoms with van der Waals surface area (Å²) < 4.78 is 13.9. The Labute approximate surface area is 194 Å². The van der Waals surface area contributed by atoms with E-state index in [0.29, 0.717) is 23.6 Å². The molecule has 2 aromatic heterocycles. The molecule has 0 atom stereocenters. The number of halogens is 1. The molecule has 0 saturated heterocycles. The lowest BCUT2D eigenvalue weighted by atomic mass is 10.1. The molecule has 2 aromatic carbocycles. The maximum Gasteiger partial charge on any atom is 0.278 e. The van der Waals surface area contributed by atoms with Gasteiger partial charge in [0.2, 0.25) is 0 Å². The van der Waals surface area contributed by atoms with Gasteiger partial charge in [0.15, 0.2) is 5.69 Å². The number of ether oxygens (including phenoxy) is 1. The van der Waals surface area contributed by atoms with Crippen LogP contribution in [0.2, 0.25) is 0 Å². The van der Waals surface area contributed by atoms with Gasteiger partial charge in [-0.1, -0.05) is 23.4 Å². The maximum absolute atomic E-state index is 12.8. The first-order chi connectivity index (χ1) is 15.4. The Morgan fingerprint density at radius 3 is 2.59 bits per heavy atom. The second kappa shape index (κ2) is 9.40. The van der Waals surface area contributed by atoms with E-state index >= 15 is 0 Å². The van der Waals surface area contributed by atoms with Gasteiger partial charge in [0.25, 0.3) is 5.91 Å². The molecule has 0 aliphatic carbocycles. The fourth-order valence-corrected chi connectivity index (χ4v) is 3.52. The smallest absolute Gasteiger partial charge is 0.278 e. The molecule has 1 N–H and O–H groups in total. The highest BCUT2D eigenvalue weighted by molar-refractivity contribution is 9.10. The Bertz CT molecular complexity index is 1240. The summed E-state index contributed by atoms with van der Waals surface area (Å²) in [5.41, 5.74) is 4.92. The summed E-state index contributed by atoms with van der Waals surface area (Å²) >= 11 is 3.39. The number of aromatic nitrogens is 3. The number of amides is 1. The zero-order chi connectivity index (χ0) is 22.7. The Morgan fingerprint density at radius 1 is 1.12 bits per heavy atom. The Hall–Kier alpha value is -3.39. The first-order valence-electron chi connectivity index (χ1n) is 10.1. The quantitative estimate of drug-likeness (QED) is 0.369. The summed E-state index contributed by atoms with van der Waals surface area (Å²) in [4.78, 5) is 12.8. The van der Waals surface area contributed by atoms with Crippen LogP contribution in [0.15, 0.2) is 63.9 Å². The Balaban J connectivity index is 1.41. The standard InChI is InChI=1S/C24H23BrN4O3/c1-15-4-9-21(10-16(15)2)31-14-22-17(3)32-28-23(22)24(30)27-20-7-5-18(6-8-20)12-29-13-19(25)11-26-29/h4-11,13H,12,14H2,1-3H3,(H,27,30). The lowest BCUT2D eigenvalue weighted by molar-refractivity contribution is 0.101. The van der Waals surface area contributed by atoms with Gasteiger partial charge in [0.1, 0.15) is 18.1 Å². The van der Waals surface area contributed by atoms with Crippen molar-refractivity contribution < 1.29 is 14.1 Å². The van der Waals surface area contributed by atoms with Gasteiger partial charge in [-0.05, 0) is 77.7 Å². The van der Waals surface area contributed by atoms with Gasteiger partial charge in [-0.3, -0.25) is 9.48 Å². The molecule has 4 aromatic rings. The fourth-order valence-electron chi connectivity index (χ4n) is 3.19. The van der Waals surface area contributed by atoms with Crippen molar-refractivity contribution in [2.75, 3.05) is 5.32 Å². The maximum atomic E-state index is 12.8. The number of nitrogens with one attached hydrogen (secondary N) is 1. The van der Waals surface area contributed by atoms with E-state index in [9.17, 15) is 4.79 Å². The predicted molar refractivity (Wildman–Crippen MR) is 125 cm³/mol. The zero-order valence-corrected chi connectivity index (χ0v) is 19.6. The molecule has 8 heteroatoms. The van der Waals surface area contributed by atoms with Crippen LogP contribution in [0.25, 0.3) is 0 Å². The minimum atomic E-state index is -0.343. The van der Waals surface area contributed by atoms with E-state index in [0.717, 1.165) is 21.3 Å². The second-order valence-electron chi connectivity index (χ2n) is 7.61. The molecule has 7 nitrogen and oxygen atoms in total. The molecule has 0 spiro atoms. The van der Waals surface area contributed by atoms with Gasteiger partial charge < -0.3 is 14.6 Å². The molecule has 0 aliphatic heterocycles. The van der Waals surface area contributed by atoms with Gasteiger partial charge in [0.05, 0.1) is 22.8 Å². The SMILES string of the molecule is Cc1ccc(OCc2c(C(=O)Nc3ccc(Cn4cc(Br)cn4)cc3)noc2C)cc1C. The van der Waals surface area contributed by atoms with Crippen molar-refractivity contribution in [1.82, 2.24) is 14.9 Å². The fraction of sp³-hybridized carbons (Fsp3) is 0.208. The highest BCUT2D eigenvalue weighted by Crippen LogP contribution is 2.21. The van der Waals surface area contributed by atoms with Gasteiger partial charge in [-0.15, -0.1) is 0 Å². The van der Waals surface area contributed by atoms with Crippen molar-refractivity contribution in [2.45, 2.75) is 33.9 Å². The number of benzene rings is 2. The predicted octanol–water partition coefficient (Wildman–Crippen LogP) is 5.44. The number of carbonyl (C=O) groups is 1. The van der Waals surface area contributed by atoms with E-state index in [-0.39, 0.29) is 18.2 Å². The van der Waals surface area contributed by atoms with E-state index in [1.807, 2.05) is 60.3 Å². The zero-order valence-electron chi connectivity index (χ0n) is 18.1. The topological polar surface area (TPSA) is 82.2 Å². The third-order valence-electron chi connectivity index (χ3n) is 5.22. The van der Waals surface area contributed by atoms with Crippen LogP contribution in [0.3, 0.4) is 0 Å². The summed E-state index contributed by atoms with van der Waals surface area (Å²) in [7, 11) is 0. The number of nitrogens with zero attached hydrogens (tertiary/aromatic N) is 3. The molecule has 0 aliphatic rings.